The molecular weight excluding hydrogens is 282 g/mol. The van der Waals surface area contributed by atoms with Crippen LogP contribution in [0.15, 0.2) is 30.4 Å². The number of nitrogens with zero attached hydrogens (tertiary/aromatic N) is 3. The Bertz CT molecular complexity index is 580. The molecule has 1 atom stereocenters. The van der Waals surface area contributed by atoms with E-state index in [2.05, 4.69) is 22.0 Å². The minimum absolute atomic E-state index is 0.0875. The molecular formula is C16H21N3O3. The predicted molar refractivity (Wildman–Crippen MR) is 85.6 cm³/mol. The average molecular weight is 303 g/mol. The summed E-state index contributed by atoms with van der Waals surface area (Å²) < 4.78 is 5.44. The summed E-state index contributed by atoms with van der Waals surface area (Å²) >= 11 is 0. The summed E-state index contributed by atoms with van der Waals surface area (Å²) in [5.74, 6) is 0.358. The summed E-state index contributed by atoms with van der Waals surface area (Å²) in [4.78, 5) is 15.7. The monoisotopic (exact) mass is 303 g/mol. The zero-order valence-corrected chi connectivity index (χ0v) is 12.8. The van der Waals surface area contributed by atoms with Crippen LogP contribution in [0.3, 0.4) is 0 Å². The van der Waals surface area contributed by atoms with E-state index < -0.39 is 0 Å². The second-order valence-corrected chi connectivity index (χ2v) is 5.63. The quantitative estimate of drug-likeness (QED) is 0.475. The van der Waals surface area contributed by atoms with Crippen molar-refractivity contribution in [2.75, 3.05) is 37.7 Å². The highest BCUT2D eigenvalue weighted by molar-refractivity contribution is 5.70. The van der Waals surface area contributed by atoms with Crippen LogP contribution in [-0.4, -0.2) is 48.7 Å². The van der Waals surface area contributed by atoms with Gasteiger partial charge in [0.2, 0.25) is 0 Å². The summed E-state index contributed by atoms with van der Waals surface area (Å²) in [6, 6.07) is 5.79. The molecule has 0 aromatic heterocycles. The van der Waals surface area contributed by atoms with Gasteiger partial charge in [0.05, 0.1) is 11.5 Å². The number of hydrogen-bond acceptors (Lipinski definition) is 5. The highest BCUT2D eigenvalue weighted by atomic mass is 16.6. The number of nitro benzene ring substituents is 1. The van der Waals surface area contributed by atoms with Crippen molar-refractivity contribution in [2.45, 2.75) is 19.4 Å². The van der Waals surface area contributed by atoms with Crippen LogP contribution in [-0.2, 0) is 0 Å². The fourth-order valence-electron chi connectivity index (χ4n) is 3.27. The van der Waals surface area contributed by atoms with E-state index in [1.165, 1.54) is 0 Å². The van der Waals surface area contributed by atoms with Crippen LogP contribution in [0.25, 0.3) is 0 Å². The molecule has 6 nitrogen and oxygen atoms in total. The molecule has 0 N–H and O–H groups in total. The maximum absolute atomic E-state index is 11.5. The average Bonchev–Trinajstić information content (AvgIpc) is 3.18. The van der Waals surface area contributed by atoms with Crippen LogP contribution in [0.4, 0.5) is 11.4 Å². The van der Waals surface area contributed by atoms with Crippen molar-refractivity contribution >= 4 is 11.4 Å². The molecule has 0 spiro atoms. The van der Waals surface area contributed by atoms with Crippen molar-refractivity contribution in [1.82, 2.24) is 4.90 Å². The smallest absolute Gasteiger partial charge is 0.333 e. The van der Waals surface area contributed by atoms with E-state index in [1.807, 2.05) is 19.1 Å². The maximum Gasteiger partial charge on any atom is 0.333 e. The Kier molecular flexibility index (Phi) is 4.29. The van der Waals surface area contributed by atoms with Crippen molar-refractivity contribution < 1.29 is 9.66 Å². The fourth-order valence-corrected chi connectivity index (χ4v) is 3.27. The molecule has 0 aliphatic carbocycles. The highest BCUT2D eigenvalue weighted by Gasteiger charge is 2.32. The third-order valence-corrected chi connectivity index (χ3v) is 4.33. The molecule has 2 aliphatic heterocycles. The van der Waals surface area contributed by atoms with E-state index in [0.29, 0.717) is 24.1 Å². The first-order valence-electron chi connectivity index (χ1n) is 7.75. The third kappa shape index (κ3) is 2.78. The first-order valence-corrected chi connectivity index (χ1v) is 7.75. The van der Waals surface area contributed by atoms with E-state index in [0.717, 1.165) is 32.6 Å². The number of anilines is 1. The number of ether oxygens (including phenoxy) is 1. The van der Waals surface area contributed by atoms with Gasteiger partial charge in [0, 0.05) is 32.2 Å². The minimum Gasteiger partial charge on any atom is -0.487 e. The maximum atomic E-state index is 11.5. The minimum atomic E-state index is -0.328. The lowest BCUT2D eigenvalue weighted by atomic mass is 10.2. The molecule has 2 aliphatic rings. The third-order valence-electron chi connectivity index (χ3n) is 4.33. The Hall–Kier alpha value is -2.08. The number of benzene rings is 1. The van der Waals surface area contributed by atoms with Crippen molar-refractivity contribution in [3.8, 4) is 5.75 Å². The molecule has 0 bridgehead atoms. The molecule has 1 fully saturated rings. The zero-order valence-electron chi connectivity index (χ0n) is 12.8. The van der Waals surface area contributed by atoms with Crippen molar-refractivity contribution in [1.29, 1.82) is 0 Å². The van der Waals surface area contributed by atoms with Gasteiger partial charge in [0.1, 0.15) is 5.69 Å². The van der Waals surface area contributed by atoms with Crippen LogP contribution in [0, 0.1) is 10.1 Å². The second kappa shape index (κ2) is 6.36. The Balaban J connectivity index is 1.82. The van der Waals surface area contributed by atoms with Crippen LogP contribution in [0.5, 0.6) is 5.75 Å². The molecule has 3 rings (SSSR count). The van der Waals surface area contributed by atoms with Gasteiger partial charge in [0.15, 0.2) is 5.75 Å². The van der Waals surface area contributed by atoms with E-state index in [4.69, 9.17) is 4.74 Å². The van der Waals surface area contributed by atoms with Crippen LogP contribution >= 0.6 is 0 Å². The largest absolute Gasteiger partial charge is 0.487 e. The summed E-state index contributed by atoms with van der Waals surface area (Å²) in [6.07, 6.45) is 5.40. The van der Waals surface area contributed by atoms with Gasteiger partial charge in [0.25, 0.3) is 0 Å². The van der Waals surface area contributed by atoms with Crippen LogP contribution < -0.4 is 9.64 Å². The lowest BCUT2D eigenvalue weighted by Crippen LogP contribution is -2.35. The van der Waals surface area contributed by atoms with Gasteiger partial charge in [-0.2, -0.15) is 0 Å². The predicted octanol–water partition coefficient (Wildman–Crippen LogP) is 2.44. The Morgan fingerprint density at radius 3 is 2.82 bits per heavy atom. The Morgan fingerprint density at radius 1 is 1.36 bits per heavy atom. The molecule has 2 heterocycles. The lowest BCUT2D eigenvalue weighted by molar-refractivity contribution is -0.385. The lowest BCUT2D eigenvalue weighted by Gasteiger charge is -2.24. The standard InChI is InChI=1S/C16H21N3O3/c1-2-22-15-7-5-6-14(16(15)19(20)21)18-11-8-13(12-18)17-9-3-4-10-17/h3-7,13H,2,8-12H2,1H3. The van der Waals surface area contributed by atoms with Crippen LogP contribution in [0.1, 0.15) is 13.3 Å². The number of nitro groups is 1. The highest BCUT2D eigenvalue weighted by Crippen LogP contribution is 2.39. The van der Waals surface area contributed by atoms with E-state index in [-0.39, 0.29) is 10.6 Å². The Labute approximate surface area is 130 Å². The van der Waals surface area contributed by atoms with Crippen LogP contribution in [0.2, 0.25) is 0 Å². The van der Waals surface area contributed by atoms with Gasteiger partial charge in [-0.05, 0) is 25.5 Å². The second-order valence-electron chi connectivity index (χ2n) is 5.63. The van der Waals surface area contributed by atoms with E-state index in [9.17, 15) is 10.1 Å². The van der Waals surface area contributed by atoms with Gasteiger partial charge in [-0.25, -0.2) is 0 Å². The number of hydrogen-bond donors (Lipinski definition) is 0. The summed E-state index contributed by atoms with van der Waals surface area (Å²) in [6.45, 7) is 5.91. The van der Waals surface area contributed by atoms with E-state index in [1.54, 1.807) is 6.07 Å². The molecule has 1 saturated heterocycles. The summed E-state index contributed by atoms with van der Waals surface area (Å²) in [7, 11) is 0. The molecule has 22 heavy (non-hydrogen) atoms. The van der Waals surface area contributed by atoms with Crippen molar-refractivity contribution in [3.63, 3.8) is 0 Å². The molecule has 1 aromatic rings. The molecule has 0 radical (unpaired) electrons. The first-order chi connectivity index (χ1) is 10.7. The first kappa shape index (κ1) is 14.8. The molecule has 1 aromatic carbocycles. The topological polar surface area (TPSA) is 58.8 Å². The molecule has 1 unspecified atom stereocenters. The number of para-hydroxylation sites is 1. The van der Waals surface area contributed by atoms with Gasteiger partial charge in [-0.15, -0.1) is 0 Å². The molecule has 6 heteroatoms. The van der Waals surface area contributed by atoms with Gasteiger partial charge >= 0.3 is 5.69 Å². The molecule has 0 saturated carbocycles. The van der Waals surface area contributed by atoms with Crippen molar-refractivity contribution in [3.05, 3.63) is 40.5 Å². The summed E-state index contributed by atoms with van der Waals surface area (Å²) in [5.41, 5.74) is 0.759. The van der Waals surface area contributed by atoms with Gasteiger partial charge in [-0.3, -0.25) is 15.0 Å². The normalized spacial score (nSPS) is 21.5. The SMILES string of the molecule is CCOc1cccc(N2CCC(N3CC=CC3)C2)c1[N+](=O)[O-]. The van der Waals surface area contributed by atoms with Crippen molar-refractivity contribution in [2.24, 2.45) is 0 Å². The molecule has 0 amide bonds. The molecule has 118 valence electrons. The Morgan fingerprint density at radius 2 is 2.14 bits per heavy atom. The summed E-state index contributed by atoms with van der Waals surface area (Å²) in [5, 5.41) is 11.5. The number of rotatable bonds is 5. The zero-order chi connectivity index (χ0) is 15.5. The van der Waals surface area contributed by atoms with Gasteiger partial charge in [-0.1, -0.05) is 18.2 Å². The fraction of sp³-hybridized carbons (Fsp3) is 0.500. The van der Waals surface area contributed by atoms with E-state index >= 15 is 0 Å². The van der Waals surface area contributed by atoms with Gasteiger partial charge < -0.3 is 9.64 Å².